The molecule has 1 heterocycles. The molecule has 1 atom stereocenters. The summed E-state index contributed by atoms with van der Waals surface area (Å²) in [7, 11) is 0. The Labute approximate surface area is 166 Å². The highest BCUT2D eigenvalue weighted by atomic mass is 19.4. The number of carbonyl (C=O) groups is 2. The van der Waals surface area contributed by atoms with E-state index in [2.05, 4.69) is 15.7 Å². The lowest BCUT2D eigenvalue weighted by Crippen LogP contribution is -2.37. The molecule has 0 saturated heterocycles. The number of carbonyl (C=O) groups excluding carboxylic acids is 2. The van der Waals surface area contributed by atoms with E-state index in [-0.39, 0.29) is 35.7 Å². The number of anilines is 1. The zero-order chi connectivity index (χ0) is 21.4. The summed E-state index contributed by atoms with van der Waals surface area (Å²) in [6.45, 7) is -0.739. The fraction of sp³-hybridized carbons (Fsp3) is 0.667. The van der Waals surface area contributed by atoms with Gasteiger partial charge in [-0.2, -0.15) is 23.5 Å². The summed E-state index contributed by atoms with van der Waals surface area (Å²) in [5.41, 5.74) is 5.43. The van der Waals surface area contributed by atoms with E-state index in [9.17, 15) is 22.8 Å². The molecule has 2 amide bonds. The van der Waals surface area contributed by atoms with Gasteiger partial charge in [0.25, 0.3) is 5.91 Å². The van der Waals surface area contributed by atoms with E-state index in [0.29, 0.717) is 32.2 Å². The average molecular weight is 414 g/mol. The second-order valence-corrected chi connectivity index (χ2v) is 7.17. The quantitative estimate of drug-likeness (QED) is 0.453. The average Bonchev–Trinajstić information content (AvgIpc) is 3.41. The Morgan fingerprint density at radius 3 is 2.62 bits per heavy atom. The van der Waals surface area contributed by atoms with Crippen LogP contribution in [0.15, 0.2) is 6.20 Å². The number of nitrogens with one attached hydrogen (secondary N) is 2. The zero-order valence-corrected chi connectivity index (χ0v) is 16.0. The van der Waals surface area contributed by atoms with Crippen LogP contribution in [0.5, 0.6) is 0 Å². The van der Waals surface area contributed by atoms with Crippen molar-refractivity contribution in [2.45, 2.75) is 63.7 Å². The number of rotatable bonds is 12. The number of hydrogen-bond donors (Lipinski definition) is 3. The molecular formula is C18H25F3N6O2. The molecule has 0 aliphatic heterocycles. The van der Waals surface area contributed by atoms with Gasteiger partial charge in [-0.3, -0.25) is 14.3 Å². The van der Waals surface area contributed by atoms with Crippen molar-refractivity contribution in [3.05, 3.63) is 11.8 Å². The van der Waals surface area contributed by atoms with Crippen molar-refractivity contribution in [2.24, 2.45) is 11.7 Å². The maximum absolute atomic E-state index is 12.5. The summed E-state index contributed by atoms with van der Waals surface area (Å²) < 4.78 is 38.9. The third-order valence-electron chi connectivity index (χ3n) is 4.59. The van der Waals surface area contributed by atoms with Crippen molar-refractivity contribution >= 4 is 17.6 Å². The first kappa shape index (κ1) is 22.7. The number of alkyl halides is 3. The van der Waals surface area contributed by atoms with Crippen LogP contribution in [0, 0.1) is 17.2 Å². The fourth-order valence-corrected chi connectivity index (χ4v) is 2.91. The minimum atomic E-state index is -4.31. The Hall–Kier alpha value is -2.61. The SMILES string of the molecule is N#CCCC[C@@H](CCCn1cc(C(N)=O)c(NC(=O)C2CC2)n1)NCC(F)(F)F. The molecule has 0 unspecified atom stereocenters. The summed E-state index contributed by atoms with van der Waals surface area (Å²) in [4.78, 5) is 23.5. The molecule has 0 bridgehead atoms. The largest absolute Gasteiger partial charge is 0.401 e. The number of aromatic nitrogens is 2. The molecule has 0 spiro atoms. The number of aryl methyl sites for hydroxylation is 1. The minimum Gasteiger partial charge on any atom is -0.365 e. The van der Waals surface area contributed by atoms with E-state index < -0.39 is 18.6 Å². The topological polar surface area (TPSA) is 126 Å². The van der Waals surface area contributed by atoms with Crippen molar-refractivity contribution in [3.63, 3.8) is 0 Å². The lowest BCUT2D eigenvalue weighted by Gasteiger charge is -2.19. The first-order valence-corrected chi connectivity index (χ1v) is 9.55. The molecule has 1 fully saturated rings. The predicted molar refractivity (Wildman–Crippen MR) is 98.6 cm³/mol. The molecule has 0 radical (unpaired) electrons. The molecule has 11 heteroatoms. The van der Waals surface area contributed by atoms with Gasteiger partial charge in [-0.25, -0.2) is 0 Å². The molecule has 1 aliphatic carbocycles. The molecular weight excluding hydrogens is 389 g/mol. The lowest BCUT2D eigenvalue weighted by molar-refractivity contribution is -0.126. The van der Waals surface area contributed by atoms with Gasteiger partial charge in [0.05, 0.1) is 12.6 Å². The first-order chi connectivity index (χ1) is 13.7. The maximum Gasteiger partial charge on any atom is 0.401 e. The summed E-state index contributed by atoms with van der Waals surface area (Å²) >= 11 is 0. The van der Waals surface area contributed by atoms with Crippen LogP contribution in [-0.4, -0.2) is 40.4 Å². The molecule has 29 heavy (non-hydrogen) atoms. The van der Waals surface area contributed by atoms with Gasteiger partial charge < -0.3 is 16.4 Å². The number of nitriles is 1. The molecule has 4 N–H and O–H groups in total. The van der Waals surface area contributed by atoms with Gasteiger partial charge in [-0.05, 0) is 38.5 Å². The summed E-state index contributed by atoms with van der Waals surface area (Å²) in [6, 6.07) is 1.60. The Kier molecular flexibility index (Phi) is 8.01. The monoisotopic (exact) mass is 414 g/mol. The van der Waals surface area contributed by atoms with Crippen LogP contribution in [0.25, 0.3) is 0 Å². The van der Waals surface area contributed by atoms with Crippen molar-refractivity contribution in [3.8, 4) is 6.07 Å². The summed E-state index contributed by atoms with van der Waals surface area (Å²) in [6.07, 6.45) is 0.922. The van der Waals surface area contributed by atoms with E-state index in [1.54, 1.807) is 0 Å². The molecule has 1 aliphatic rings. The predicted octanol–water partition coefficient (Wildman–Crippen LogP) is 2.33. The van der Waals surface area contributed by atoms with Gasteiger partial charge in [0.1, 0.15) is 5.56 Å². The van der Waals surface area contributed by atoms with E-state index in [4.69, 9.17) is 11.0 Å². The first-order valence-electron chi connectivity index (χ1n) is 9.55. The van der Waals surface area contributed by atoms with Crippen LogP contribution < -0.4 is 16.4 Å². The Morgan fingerprint density at radius 2 is 2.03 bits per heavy atom. The molecule has 1 aromatic rings. The van der Waals surface area contributed by atoms with Crippen molar-refractivity contribution in [1.29, 1.82) is 5.26 Å². The van der Waals surface area contributed by atoms with Gasteiger partial charge in [0.2, 0.25) is 5.91 Å². The Bertz CT molecular complexity index is 752. The normalized spacial score (nSPS) is 15.0. The number of hydrogen-bond acceptors (Lipinski definition) is 5. The molecule has 8 nitrogen and oxygen atoms in total. The van der Waals surface area contributed by atoms with E-state index in [1.807, 2.05) is 6.07 Å². The van der Waals surface area contributed by atoms with Gasteiger partial charge in [0.15, 0.2) is 5.82 Å². The van der Waals surface area contributed by atoms with Crippen molar-refractivity contribution in [2.75, 3.05) is 11.9 Å². The van der Waals surface area contributed by atoms with Crippen LogP contribution in [0.4, 0.5) is 19.0 Å². The number of halogens is 3. The third kappa shape index (κ3) is 8.11. The van der Waals surface area contributed by atoms with Gasteiger partial charge >= 0.3 is 6.18 Å². The van der Waals surface area contributed by atoms with Crippen LogP contribution in [0.3, 0.4) is 0 Å². The summed E-state index contributed by atoms with van der Waals surface area (Å²) in [5, 5.41) is 17.9. The second-order valence-electron chi connectivity index (χ2n) is 7.17. The number of nitrogens with zero attached hydrogens (tertiary/aromatic N) is 3. The van der Waals surface area contributed by atoms with Crippen LogP contribution in [0.2, 0.25) is 0 Å². The highest BCUT2D eigenvalue weighted by molar-refractivity contribution is 6.02. The zero-order valence-electron chi connectivity index (χ0n) is 16.0. The molecule has 0 aromatic carbocycles. The summed E-state index contributed by atoms with van der Waals surface area (Å²) in [5.74, 6) is -0.875. The van der Waals surface area contributed by atoms with E-state index >= 15 is 0 Å². The van der Waals surface area contributed by atoms with Gasteiger partial charge in [-0.15, -0.1) is 0 Å². The number of unbranched alkanes of at least 4 members (excludes halogenated alkanes) is 1. The van der Waals surface area contributed by atoms with E-state index in [1.165, 1.54) is 10.9 Å². The number of amides is 2. The van der Waals surface area contributed by atoms with Crippen LogP contribution in [0.1, 0.15) is 55.3 Å². The molecule has 160 valence electrons. The highest BCUT2D eigenvalue weighted by Crippen LogP contribution is 2.30. The second kappa shape index (κ2) is 10.2. The van der Waals surface area contributed by atoms with Gasteiger partial charge in [-0.1, -0.05) is 0 Å². The Balaban J connectivity index is 1.90. The van der Waals surface area contributed by atoms with Crippen LogP contribution >= 0.6 is 0 Å². The molecule has 2 rings (SSSR count). The van der Waals surface area contributed by atoms with Crippen LogP contribution in [-0.2, 0) is 11.3 Å². The van der Waals surface area contributed by atoms with E-state index in [0.717, 1.165) is 12.8 Å². The number of primary amides is 1. The fourth-order valence-electron chi connectivity index (χ4n) is 2.91. The Morgan fingerprint density at radius 1 is 1.34 bits per heavy atom. The van der Waals surface area contributed by atoms with Gasteiger partial charge in [0, 0.05) is 31.1 Å². The minimum absolute atomic E-state index is 0.0604. The smallest absolute Gasteiger partial charge is 0.365 e. The van der Waals surface area contributed by atoms with Crippen molar-refractivity contribution < 1.29 is 22.8 Å². The van der Waals surface area contributed by atoms with Crippen molar-refractivity contribution in [1.82, 2.24) is 15.1 Å². The highest BCUT2D eigenvalue weighted by Gasteiger charge is 2.31. The number of nitrogens with two attached hydrogens (primary N) is 1. The lowest BCUT2D eigenvalue weighted by atomic mass is 10.0. The third-order valence-corrected chi connectivity index (χ3v) is 4.59. The molecule has 1 aromatic heterocycles. The maximum atomic E-state index is 12.5. The molecule has 1 saturated carbocycles. The standard InChI is InChI=1S/C18H25F3N6O2/c19-18(20,21)11-24-13(4-1-2-8-22)5-3-9-27-10-14(15(23)28)16(26-27)25-17(29)12-6-7-12/h10,12-13,24H,1-7,9,11H2,(H2,23,28)(H,25,26,29)/t13-/m0/s1.